The van der Waals surface area contributed by atoms with Crippen molar-refractivity contribution in [2.24, 2.45) is 11.7 Å². The molecule has 1 aromatic rings. The molecule has 1 aromatic heterocycles. The van der Waals surface area contributed by atoms with Crippen molar-refractivity contribution in [3.8, 4) is 5.88 Å². The molecule has 5 heteroatoms. The fourth-order valence-corrected chi connectivity index (χ4v) is 2.34. The predicted octanol–water partition coefficient (Wildman–Crippen LogP) is 1.55. The van der Waals surface area contributed by atoms with Gasteiger partial charge < -0.3 is 15.8 Å². The number of carbonyl (C=O) groups is 1. The Hall–Kier alpha value is -1.78. The molecule has 1 amide bonds. The van der Waals surface area contributed by atoms with Gasteiger partial charge >= 0.3 is 0 Å². The Morgan fingerprint density at radius 2 is 2.11 bits per heavy atom. The first-order valence-corrected chi connectivity index (χ1v) is 6.26. The van der Waals surface area contributed by atoms with Gasteiger partial charge in [-0.3, -0.25) is 4.79 Å². The lowest BCUT2D eigenvalue weighted by Gasteiger charge is -2.27. The van der Waals surface area contributed by atoms with Crippen LogP contribution in [0.2, 0.25) is 0 Å². The van der Waals surface area contributed by atoms with Gasteiger partial charge in [0.05, 0.1) is 7.11 Å². The molecule has 0 aromatic carbocycles. The number of anilines is 1. The van der Waals surface area contributed by atoms with Gasteiger partial charge in [0.25, 0.3) is 0 Å². The SMILES string of the molecule is COc1cccc(NC2CCC(C(N)=O)CC2)n1. The Labute approximate surface area is 107 Å². The summed E-state index contributed by atoms with van der Waals surface area (Å²) in [5.41, 5.74) is 5.31. The Bertz CT molecular complexity index is 414. The van der Waals surface area contributed by atoms with E-state index in [9.17, 15) is 4.79 Å². The highest BCUT2D eigenvalue weighted by atomic mass is 16.5. The molecule has 1 fully saturated rings. The lowest BCUT2D eigenvalue weighted by molar-refractivity contribution is -0.122. The van der Waals surface area contributed by atoms with Crippen LogP contribution in [-0.4, -0.2) is 24.0 Å². The molecule has 0 bridgehead atoms. The minimum atomic E-state index is -0.173. The maximum Gasteiger partial charge on any atom is 0.220 e. The molecule has 0 radical (unpaired) electrons. The van der Waals surface area contributed by atoms with Crippen molar-refractivity contribution in [1.29, 1.82) is 0 Å². The number of carbonyl (C=O) groups excluding carboxylic acids is 1. The van der Waals surface area contributed by atoms with Gasteiger partial charge in [0.1, 0.15) is 5.82 Å². The smallest absolute Gasteiger partial charge is 0.220 e. The molecule has 1 heterocycles. The summed E-state index contributed by atoms with van der Waals surface area (Å²) < 4.78 is 5.08. The van der Waals surface area contributed by atoms with Crippen molar-refractivity contribution >= 4 is 11.7 Å². The van der Waals surface area contributed by atoms with Crippen LogP contribution in [-0.2, 0) is 4.79 Å². The number of methoxy groups -OCH3 is 1. The van der Waals surface area contributed by atoms with Crippen LogP contribution >= 0.6 is 0 Å². The van der Waals surface area contributed by atoms with E-state index in [2.05, 4.69) is 10.3 Å². The van der Waals surface area contributed by atoms with Crippen LogP contribution in [0.3, 0.4) is 0 Å². The van der Waals surface area contributed by atoms with Crippen molar-refractivity contribution in [2.45, 2.75) is 31.7 Å². The summed E-state index contributed by atoms with van der Waals surface area (Å²) >= 11 is 0. The third-order valence-corrected chi connectivity index (χ3v) is 3.41. The number of ether oxygens (including phenoxy) is 1. The Morgan fingerprint density at radius 3 is 2.72 bits per heavy atom. The molecule has 1 aliphatic rings. The van der Waals surface area contributed by atoms with E-state index >= 15 is 0 Å². The van der Waals surface area contributed by atoms with Crippen LogP contribution in [0.15, 0.2) is 18.2 Å². The second-order valence-corrected chi connectivity index (χ2v) is 4.66. The largest absolute Gasteiger partial charge is 0.481 e. The highest BCUT2D eigenvalue weighted by molar-refractivity contribution is 5.76. The molecule has 2 rings (SSSR count). The van der Waals surface area contributed by atoms with Crippen molar-refractivity contribution < 1.29 is 9.53 Å². The first-order valence-electron chi connectivity index (χ1n) is 6.26. The first kappa shape index (κ1) is 12.7. The lowest BCUT2D eigenvalue weighted by atomic mass is 9.85. The van der Waals surface area contributed by atoms with Gasteiger partial charge in [-0.1, -0.05) is 6.07 Å². The molecule has 3 N–H and O–H groups in total. The van der Waals surface area contributed by atoms with E-state index < -0.39 is 0 Å². The third kappa shape index (κ3) is 3.12. The molecule has 5 nitrogen and oxygen atoms in total. The van der Waals surface area contributed by atoms with Crippen LogP contribution < -0.4 is 15.8 Å². The van der Waals surface area contributed by atoms with Gasteiger partial charge in [-0.05, 0) is 31.7 Å². The fourth-order valence-electron chi connectivity index (χ4n) is 2.34. The lowest BCUT2D eigenvalue weighted by Crippen LogP contribution is -2.32. The van der Waals surface area contributed by atoms with Crippen molar-refractivity contribution in [3.05, 3.63) is 18.2 Å². The second-order valence-electron chi connectivity index (χ2n) is 4.66. The number of rotatable bonds is 4. The van der Waals surface area contributed by atoms with Gasteiger partial charge in [0.15, 0.2) is 0 Å². The van der Waals surface area contributed by atoms with Crippen molar-refractivity contribution in [2.75, 3.05) is 12.4 Å². The zero-order valence-electron chi connectivity index (χ0n) is 10.6. The summed E-state index contributed by atoms with van der Waals surface area (Å²) in [7, 11) is 1.60. The molecule has 0 unspecified atom stereocenters. The van der Waals surface area contributed by atoms with Crippen LogP contribution in [0.25, 0.3) is 0 Å². The molecule has 0 atom stereocenters. The highest BCUT2D eigenvalue weighted by Crippen LogP contribution is 2.26. The number of nitrogens with one attached hydrogen (secondary N) is 1. The number of pyridine rings is 1. The summed E-state index contributed by atoms with van der Waals surface area (Å²) in [5.74, 6) is 1.29. The monoisotopic (exact) mass is 249 g/mol. The molecule has 0 saturated heterocycles. The number of primary amides is 1. The first-order chi connectivity index (χ1) is 8.69. The van der Waals surface area contributed by atoms with Crippen molar-refractivity contribution in [1.82, 2.24) is 4.98 Å². The van der Waals surface area contributed by atoms with E-state index in [0.29, 0.717) is 11.9 Å². The molecule has 1 aliphatic carbocycles. The predicted molar refractivity (Wildman–Crippen MR) is 69.4 cm³/mol. The number of hydrogen-bond acceptors (Lipinski definition) is 4. The molecule has 0 spiro atoms. The fraction of sp³-hybridized carbons (Fsp3) is 0.538. The van der Waals surface area contributed by atoms with Crippen LogP contribution in [0.1, 0.15) is 25.7 Å². The van der Waals surface area contributed by atoms with E-state index in [1.807, 2.05) is 18.2 Å². The zero-order valence-corrected chi connectivity index (χ0v) is 10.6. The van der Waals surface area contributed by atoms with Gasteiger partial charge in [-0.25, -0.2) is 0 Å². The molecular formula is C13H19N3O2. The van der Waals surface area contributed by atoms with Gasteiger partial charge in [0, 0.05) is 18.0 Å². The minimum absolute atomic E-state index is 0.0429. The quantitative estimate of drug-likeness (QED) is 0.848. The Balaban J connectivity index is 1.89. The zero-order chi connectivity index (χ0) is 13.0. The van der Waals surface area contributed by atoms with E-state index in [-0.39, 0.29) is 11.8 Å². The average Bonchev–Trinajstić information content (AvgIpc) is 2.39. The van der Waals surface area contributed by atoms with E-state index in [4.69, 9.17) is 10.5 Å². The van der Waals surface area contributed by atoms with E-state index in [1.54, 1.807) is 7.11 Å². The van der Waals surface area contributed by atoms with Gasteiger partial charge in [-0.15, -0.1) is 0 Å². The third-order valence-electron chi connectivity index (χ3n) is 3.41. The standard InChI is InChI=1S/C13H19N3O2/c1-18-12-4-2-3-11(16-12)15-10-7-5-9(6-8-10)13(14)17/h2-4,9-10H,5-8H2,1H3,(H2,14,17)(H,15,16). The number of amides is 1. The molecule has 1 saturated carbocycles. The summed E-state index contributed by atoms with van der Waals surface area (Å²) in [4.78, 5) is 15.4. The average molecular weight is 249 g/mol. The summed E-state index contributed by atoms with van der Waals surface area (Å²) in [6, 6.07) is 6.00. The molecule has 0 aliphatic heterocycles. The number of nitrogens with two attached hydrogens (primary N) is 1. The maximum atomic E-state index is 11.1. The Kier molecular flexibility index (Phi) is 4.02. The summed E-state index contributed by atoms with van der Waals surface area (Å²) in [6.45, 7) is 0. The highest BCUT2D eigenvalue weighted by Gasteiger charge is 2.24. The van der Waals surface area contributed by atoms with Gasteiger partial charge in [0.2, 0.25) is 11.8 Å². The Morgan fingerprint density at radius 1 is 1.39 bits per heavy atom. The van der Waals surface area contributed by atoms with Crippen LogP contribution in [0.5, 0.6) is 5.88 Å². The van der Waals surface area contributed by atoms with Gasteiger partial charge in [-0.2, -0.15) is 4.98 Å². The summed E-state index contributed by atoms with van der Waals surface area (Å²) in [5, 5.41) is 3.37. The molecular weight excluding hydrogens is 230 g/mol. The molecule has 98 valence electrons. The van der Waals surface area contributed by atoms with Crippen molar-refractivity contribution in [3.63, 3.8) is 0 Å². The number of nitrogens with zero attached hydrogens (tertiary/aromatic N) is 1. The van der Waals surface area contributed by atoms with E-state index in [0.717, 1.165) is 31.5 Å². The van der Waals surface area contributed by atoms with Crippen LogP contribution in [0.4, 0.5) is 5.82 Å². The topological polar surface area (TPSA) is 77.2 Å². The second kappa shape index (κ2) is 5.71. The van der Waals surface area contributed by atoms with E-state index in [1.165, 1.54) is 0 Å². The maximum absolute atomic E-state index is 11.1. The number of aromatic nitrogens is 1. The van der Waals surface area contributed by atoms with Crippen LogP contribution in [0, 0.1) is 5.92 Å². The minimum Gasteiger partial charge on any atom is -0.481 e. The normalized spacial score (nSPS) is 23.4. The summed E-state index contributed by atoms with van der Waals surface area (Å²) in [6.07, 6.45) is 3.62. The molecule has 18 heavy (non-hydrogen) atoms. The number of hydrogen-bond donors (Lipinski definition) is 2.